The molecule has 0 unspecified atom stereocenters. The molecule has 0 aliphatic carbocycles. The third-order valence-corrected chi connectivity index (χ3v) is 3.36. The van der Waals surface area contributed by atoms with Gasteiger partial charge in [-0.15, -0.1) is 0 Å². The predicted octanol–water partition coefficient (Wildman–Crippen LogP) is 2.37. The highest BCUT2D eigenvalue weighted by atomic mass is 16.6. The minimum atomic E-state index is -0.251. The third-order valence-electron chi connectivity index (χ3n) is 3.36. The molecule has 1 aromatic rings. The minimum Gasteiger partial charge on any atom is -0.447 e. The fraction of sp³-hybridized carbons (Fsp3) is 0.533. The lowest BCUT2D eigenvalue weighted by molar-refractivity contribution is 0.0701. The summed E-state index contributed by atoms with van der Waals surface area (Å²) in [6.45, 7) is 4.99. The van der Waals surface area contributed by atoms with Crippen LogP contribution in [0, 0.1) is 11.3 Å². The number of hydrogen-bond acceptors (Lipinski definition) is 5. The van der Waals surface area contributed by atoms with Crippen LogP contribution in [0.2, 0.25) is 0 Å². The Kier molecular flexibility index (Phi) is 4.99. The van der Waals surface area contributed by atoms with E-state index in [0.717, 1.165) is 12.8 Å². The molecule has 1 aromatic heterocycles. The highest BCUT2D eigenvalue weighted by Gasteiger charge is 2.24. The van der Waals surface area contributed by atoms with Crippen molar-refractivity contribution >= 4 is 11.9 Å². The molecule has 6 heteroatoms. The van der Waals surface area contributed by atoms with Gasteiger partial charge < -0.3 is 15.0 Å². The molecule has 0 spiro atoms. The quantitative estimate of drug-likeness (QED) is 0.923. The Morgan fingerprint density at radius 2 is 2.24 bits per heavy atom. The van der Waals surface area contributed by atoms with E-state index in [1.54, 1.807) is 23.2 Å². The normalized spacial score (nSPS) is 15.6. The van der Waals surface area contributed by atoms with Crippen molar-refractivity contribution in [1.29, 1.82) is 5.26 Å². The maximum absolute atomic E-state index is 11.8. The molecule has 2 heterocycles. The number of nitrogens with one attached hydrogen (secondary N) is 1. The average Bonchev–Trinajstić information content (AvgIpc) is 2.48. The highest BCUT2D eigenvalue weighted by Crippen LogP contribution is 2.18. The van der Waals surface area contributed by atoms with Crippen LogP contribution in [0.15, 0.2) is 18.3 Å². The van der Waals surface area contributed by atoms with E-state index in [1.165, 1.54) is 0 Å². The van der Waals surface area contributed by atoms with Crippen LogP contribution >= 0.6 is 0 Å². The lowest BCUT2D eigenvalue weighted by Gasteiger charge is -2.32. The van der Waals surface area contributed by atoms with Crippen molar-refractivity contribution in [1.82, 2.24) is 9.88 Å². The largest absolute Gasteiger partial charge is 0.447 e. The lowest BCUT2D eigenvalue weighted by atomic mass is 10.1. The van der Waals surface area contributed by atoms with Crippen molar-refractivity contribution in [2.75, 3.05) is 18.4 Å². The second-order valence-electron chi connectivity index (χ2n) is 5.35. The Hall–Kier alpha value is -2.29. The molecule has 0 saturated carbocycles. The molecule has 1 aliphatic rings. The standard InChI is InChI=1S/C15H20N4O2/c1-11(2)21-15(20)19-8-5-13(6-9-19)18-14-12(10-16)4-3-7-17-14/h3-4,7,11,13H,5-6,8-9H2,1-2H3,(H,17,18). The van der Waals surface area contributed by atoms with E-state index in [0.29, 0.717) is 24.5 Å². The number of piperidine rings is 1. The zero-order valence-electron chi connectivity index (χ0n) is 12.4. The maximum atomic E-state index is 11.8. The smallest absolute Gasteiger partial charge is 0.410 e. The van der Waals surface area contributed by atoms with E-state index < -0.39 is 0 Å². The molecule has 1 amide bonds. The number of likely N-dealkylation sites (tertiary alicyclic amines) is 1. The van der Waals surface area contributed by atoms with Gasteiger partial charge in [-0.2, -0.15) is 5.26 Å². The van der Waals surface area contributed by atoms with Gasteiger partial charge in [-0.05, 0) is 38.8 Å². The molecule has 0 atom stereocenters. The summed E-state index contributed by atoms with van der Waals surface area (Å²) < 4.78 is 5.19. The summed E-state index contributed by atoms with van der Waals surface area (Å²) in [4.78, 5) is 17.7. The van der Waals surface area contributed by atoms with Crippen LogP contribution in [-0.2, 0) is 4.74 Å². The van der Waals surface area contributed by atoms with Gasteiger partial charge in [-0.25, -0.2) is 9.78 Å². The lowest BCUT2D eigenvalue weighted by Crippen LogP contribution is -2.43. The number of aromatic nitrogens is 1. The summed E-state index contributed by atoms with van der Waals surface area (Å²) in [6.07, 6.45) is 2.95. The van der Waals surface area contributed by atoms with E-state index in [4.69, 9.17) is 10.00 Å². The first-order valence-corrected chi connectivity index (χ1v) is 7.17. The SMILES string of the molecule is CC(C)OC(=O)N1CCC(Nc2ncccc2C#N)CC1. The summed E-state index contributed by atoms with van der Waals surface area (Å²) in [7, 11) is 0. The average molecular weight is 288 g/mol. The van der Waals surface area contributed by atoms with Gasteiger partial charge in [0, 0.05) is 25.3 Å². The number of ether oxygens (including phenoxy) is 1. The Labute approximate surface area is 124 Å². The number of nitriles is 1. The van der Waals surface area contributed by atoms with Gasteiger partial charge >= 0.3 is 6.09 Å². The van der Waals surface area contributed by atoms with Crippen molar-refractivity contribution in [3.05, 3.63) is 23.9 Å². The molecule has 1 N–H and O–H groups in total. The summed E-state index contributed by atoms with van der Waals surface area (Å²) >= 11 is 0. The molecular weight excluding hydrogens is 268 g/mol. The molecule has 1 aliphatic heterocycles. The first-order chi connectivity index (χ1) is 10.1. The van der Waals surface area contributed by atoms with Crippen molar-refractivity contribution in [2.24, 2.45) is 0 Å². The first-order valence-electron chi connectivity index (χ1n) is 7.17. The van der Waals surface area contributed by atoms with Gasteiger partial charge in [0.15, 0.2) is 0 Å². The van der Waals surface area contributed by atoms with Crippen LogP contribution < -0.4 is 5.32 Å². The second kappa shape index (κ2) is 6.93. The number of hydrogen-bond donors (Lipinski definition) is 1. The van der Waals surface area contributed by atoms with Crippen molar-refractivity contribution in [2.45, 2.75) is 38.8 Å². The van der Waals surface area contributed by atoms with Crippen LogP contribution in [0.25, 0.3) is 0 Å². The van der Waals surface area contributed by atoms with Crippen LogP contribution in [-0.4, -0.2) is 41.2 Å². The molecule has 1 fully saturated rings. The minimum absolute atomic E-state index is 0.0972. The van der Waals surface area contributed by atoms with E-state index in [-0.39, 0.29) is 18.2 Å². The molecule has 0 radical (unpaired) electrons. The van der Waals surface area contributed by atoms with Gasteiger partial charge in [0.25, 0.3) is 0 Å². The topological polar surface area (TPSA) is 78.2 Å². The summed E-state index contributed by atoms with van der Waals surface area (Å²) in [5, 5.41) is 12.3. The van der Waals surface area contributed by atoms with Crippen LogP contribution in [0.3, 0.4) is 0 Å². The summed E-state index contributed by atoms with van der Waals surface area (Å²) in [5.74, 6) is 0.614. The Balaban J connectivity index is 1.87. The molecular formula is C15H20N4O2. The van der Waals surface area contributed by atoms with E-state index in [1.807, 2.05) is 13.8 Å². The molecule has 0 aromatic carbocycles. The predicted molar refractivity (Wildman–Crippen MR) is 78.8 cm³/mol. The zero-order chi connectivity index (χ0) is 15.2. The van der Waals surface area contributed by atoms with Gasteiger partial charge in [0.05, 0.1) is 11.7 Å². The third kappa shape index (κ3) is 4.09. The highest BCUT2D eigenvalue weighted by molar-refractivity contribution is 5.68. The molecule has 21 heavy (non-hydrogen) atoms. The fourth-order valence-electron chi connectivity index (χ4n) is 2.29. The molecule has 0 bridgehead atoms. The molecule has 112 valence electrons. The Bertz CT molecular complexity index is 531. The van der Waals surface area contributed by atoms with Gasteiger partial charge in [0.1, 0.15) is 11.9 Å². The van der Waals surface area contributed by atoms with Gasteiger partial charge in [0.2, 0.25) is 0 Å². The van der Waals surface area contributed by atoms with Gasteiger partial charge in [-0.3, -0.25) is 0 Å². The van der Waals surface area contributed by atoms with Crippen LogP contribution in [0.5, 0.6) is 0 Å². The van der Waals surface area contributed by atoms with E-state index in [2.05, 4.69) is 16.4 Å². The fourth-order valence-corrected chi connectivity index (χ4v) is 2.29. The Morgan fingerprint density at radius 3 is 2.86 bits per heavy atom. The van der Waals surface area contributed by atoms with E-state index >= 15 is 0 Å². The van der Waals surface area contributed by atoms with E-state index in [9.17, 15) is 4.79 Å². The molecule has 1 saturated heterocycles. The number of carbonyl (C=O) groups excluding carboxylic acids is 1. The van der Waals surface area contributed by atoms with Crippen molar-refractivity contribution in [3.63, 3.8) is 0 Å². The zero-order valence-corrected chi connectivity index (χ0v) is 12.4. The monoisotopic (exact) mass is 288 g/mol. The van der Waals surface area contributed by atoms with Crippen LogP contribution in [0.4, 0.5) is 10.6 Å². The van der Waals surface area contributed by atoms with Gasteiger partial charge in [-0.1, -0.05) is 0 Å². The number of amides is 1. The van der Waals surface area contributed by atoms with Crippen molar-refractivity contribution in [3.8, 4) is 6.07 Å². The number of nitrogens with zero attached hydrogens (tertiary/aromatic N) is 3. The maximum Gasteiger partial charge on any atom is 0.410 e. The van der Waals surface area contributed by atoms with Crippen LogP contribution in [0.1, 0.15) is 32.3 Å². The Morgan fingerprint density at radius 1 is 1.52 bits per heavy atom. The first kappa shape index (κ1) is 15.1. The van der Waals surface area contributed by atoms with Crippen molar-refractivity contribution < 1.29 is 9.53 Å². The second-order valence-corrected chi connectivity index (χ2v) is 5.35. The molecule has 2 rings (SSSR count). The summed E-state index contributed by atoms with van der Waals surface area (Å²) in [5.41, 5.74) is 0.541. The number of carbonyl (C=O) groups is 1. The molecule has 6 nitrogen and oxygen atoms in total. The number of pyridine rings is 1. The summed E-state index contributed by atoms with van der Waals surface area (Å²) in [6, 6.07) is 5.83. The number of anilines is 1. The number of rotatable bonds is 3.